The van der Waals surface area contributed by atoms with Crippen LogP contribution in [0, 0.1) is 5.92 Å². The summed E-state index contributed by atoms with van der Waals surface area (Å²) in [6.07, 6.45) is 2.17. The lowest BCUT2D eigenvalue weighted by Gasteiger charge is -2.31. The van der Waals surface area contributed by atoms with Gasteiger partial charge in [0.2, 0.25) is 0 Å². The summed E-state index contributed by atoms with van der Waals surface area (Å²) in [5, 5.41) is 11.6. The van der Waals surface area contributed by atoms with Crippen LogP contribution in [-0.2, 0) is 11.2 Å². The third-order valence-corrected chi connectivity index (χ3v) is 3.99. The highest BCUT2D eigenvalue weighted by atomic mass is 32.1. The van der Waals surface area contributed by atoms with Crippen LogP contribution in [0.2, 0.25) is 0 Å². The van der Waals surface area contributed by atoms with E-state index in [-0.39, 0.29) is 6.42 Å². The maximum Gasteiger partial charge on any atom is 0.309 e. The first kappa shape index (κ1) is 16.0. The molecule has 0 aliphatic carbocycles. The molecule has 1 aromatic heterocycles. The van der Waals surface area contributed by atoms with Gasteiger partial charge >= 0.3 is 5.97 Å². The second-order valence-corrected chi connectivity index (χ2v) is 6.05. The van der Waals surface area contributed by atoms with Crippen molar-refractivity contribution in [2.45, 2.75) is 53.0 Å². The molecule has 0 radical (unpaired) electrons. The zero-order chi connectivity index (χ0) is 14.4. The number of hydrogen-bond acceptors (Lipinski definition) is 4. The van der Waals surface area contributed by atoms with E-state index < -0.39 is 5.97 Å². The van der Waals surface area contributed by atoms with Crippen LogP contribution in [0.3, 0.4) is 0 Å². The molecule has 0 unspecified atom stereocenters. The van der Waals surface area contributed by atoms with Crippen molar-refractivity contribution in [2.24, 2.45) is 5.92 Å². The molecule has 0 saturated heterocycles. The third-order valence-electron chi connectivity index (χ3n) is 3.06. The topological polar surface area (TPSA) is 53.4 Å². The smallest absolute Gasteiger partial charge is 0.309 e. The molecule has 0 aliphatic heterocycles. The first-order valence-electron chi connectivity index (χ1n) is 6.90. The lowest BCUT2D eigenvalue weighted by molar-refractivity contribution is -0.136. The Balaban J connectivity index is 2.90. The fourth-order valence-corrected chi connectivity index (χ4v) is 3.08. The summed E-state index contributed by atoms with van der Waals surface area (Å²) in [5.74, 6) is -0.262. The lowest BCUT2D eigenvalue weighted by Crippen LogP contribution is -2.37. The largest absolute Gasteiger partial charge is 0.481 e. The van der Waals surface area contributed by atoms with E-state index in [1.54, 1.807) is 11.3 Å². The van der Waals surface area contributed by atoms with E-state index >= 15 is 0 Å². The van der Waals surface area contributed by atoms with Crippen molar-refractivity contribution in [3.05, 3.63) is 11.1 Å². The highest BCUT2D eigenvalue weighted by Gasteiger charge is 2.20. The molecule has 1 rings (SSSR count). The molecule has 0 aliphatic rings. The number of carboxylic acid groups (broad SMARTS) is 1. The van der Waals surface area contributed by atoms with Crippen molar-refractivity contribution in [3.63, 3.8) is 0 Å². The van der Waals surface area contributed by atoms with E-state index in [9.17, 15) is 4.79 Å². The molecule has 1 aromatic rings. The van der Waals surface area contributed by atoms with Crippen LogP contribution in [0.4, 0.5) is 5.13 Å². The molecule has 0 amide bonds. The fraction of sp³-hybridized carbons (Fsp3) is 0.714. The number of carboxylic acids is 1. The first-order chi connectivity index (χ1) is 8.97. The number of thiazole rings is 1. The van der Waals surface area contributed by atoms with Crippen LogP contribution in [0.25, 0.3) is 0 Å². The van der Waals surface area contributed by atoms with Gasteiger partial charge in [0.05, 0.1) is 12.1 Å². The molecular weight excluding hydrogens is 260 g/mol. The Morgan fingerprint density at radius 3 is 2.53 bits per heavy atom. The van der Waals surface area contributed by atoms with Gasteiger partial charge in [-0.15, -0.1) is 11.3 Å². The number of hydrogen-bond donors (Lipinski definition) is 1. The van der Waals surface area contributed by atoms with Crippen molar-refractivity contribution in [3.8, 4) is 0 Å². The molecular formula is C14H24N2O2S. The van der Waals surface area contributed by atoms with Gasteiger partial charge in [-0.05, 0) is 18.8 Å². The highest BCUT2D eigenvalue weighted by molar-refractivity contribution is 7.13. The van der Waals surface area contributed by atoms with Crippen molar-refractivity contribution < 1.29 is 9.90 Å². The van der Waals surface area contributed by atoms with Crippen LogP contribution in [0.1, 0.15) is 46.2 Å². The maximum atomic E-state index is 10.7. The number of aromatic nitrogens is 1. The summed E-state index contributed by atoms with van der Waals surface area (Å²) in [6.45, 7) is 9.73. The lowest BCUT2D eigenvalue weighted by atomic mass is 10.1. The summed E-state index contributed by atoms with van der Waals surface area (Å²) in [7, 11) is 0. The third kappa shape index (κ3) is 4.82. The number of anilines is 1. The van der Waals surface area contributed by atoms with Gasteiger partial charge in [0.15, 0.2) is 5.13 Å². The predicted octanol–water partition coefficient (Wildman–Crippen LogP) is 3.42. The van der Waals surface area contributed by atoms with Crippen LogP contribution in [-0.4, -0.2) is 28.6 Å². The molecule has 0 bridgehead atoms. The van der Waals surface area contributed by atoms with Gasteiger partial charge in [-0.1, -0.05) is 27.7 Å². The summed E-state index contributed by atoms with van der Waals surface area (Å²) in [6, 6.07) is 0.478. The first-order valence-corrected chi connectivity index (χ1v) is 7.78. The number of carbonyl (C=O) groups is 1. The molecule has 0 saturated carbocycles. The van der Waals surface area contributed by atoms with Gasteiger partial charge in [-0.3, -0.25) is 4.79 Å². The van der Waals surface area contributed by atoms with Gasteiger partial charge in [0.1, 0.15) is 0 Å². The molecule has 0 spiro atoms. The molecule has 0 atom stereocenters. The Bertz CT molecular complexity index is 400. The molecule has 108 valence electrons. The average Bonchev–Trinajstić information content (AvgIpc) is 2.76. The monoisotopic (exact) mass is 284 g/mol. The summed E-state index contributed by atoms with van der Waals surface area (Å²) < 4.78 is 0. The van der Waals surface area contributed by atoms with E-state index in [4.69, 9.17) is 5.11 Å². The van der Waals surface area contributed by atoms with E-state index in [0.717, 1.165) is 24.5 Å². The summed E-state index contributed by atoms with van der Waals surface area (Å²) >= 11 is 1.55. The number of rotatable bonds is 8. The quantitative estimate of drug-likeness (QED) is 0.794. The zero-order valence-electron chi connectivity index (χ0n) is 12.2. The number of aliphatic carboxylic acids is 1. The molecule has 19 heavy (non-hydrogen) atoms. The van der Waals surface area contributed by atoms with Crippen molar-refractivity contribution in [2.75, 3.05) is 11.4 Å². The maximum absolute atomic E-state index is 10.7. The Kier molecular flexibility index (Phi) is 6.28. The van der Waals surface area contributed by atoms with E-state index in [2.05, 4.69) is 37.6 Å². The van der Waals surface area contributed by atoms with Gasteiger partial charge < -0.3 is 10.0 Å². The Morgan fingerprint density at radius 2 is 2.05 bits per heavy atom. The second-order valence-electron chi connectivity index (χ2n) is 5.21. The molecule has 5 heteroatoms. The molecule has 4 nitrogen and oxygen atoms in total. The van der Waals surface area contributed by atoms with Crippen LogP contribution >= 0.6 is 11.3 Å². The Labute approximate surface area is 119 Å². The van der Waals surface area contributed by atoms with Gasteiger partial charge in [0.25, 0.3) is 0 Å². The van der Waals surface area contributed by atoms with Gasteiger partial charge in [-0.25, -0.2) is 4.98 Å². The molecule has 1 heterocycles. The van der Waals surface area contributed by atoms with E-state index in [1.807, 2.05) is 5.38 Å². The second kappa shape index (κ2) is 7.48. The van der Waals surface area contributed by atoms with Crippen LogP contribution < -0.4 is 4.90 Å². The highest BCUT2D eigenvalue weighted by Crippen LogP contribution is 2.26. The minimum atomic E-state index is -0.824. The standard InChI is InChI=1S/C14H24N2O2S/c1-5-12(6-2)16(8-10(3)4)14-15-11(9-19-14)7-13(17)18/h9-10,12H,5-8H2,1-4H3,(H,17,18). The number of nitrogens with zero attached hydrogens (tertiary/aromatic N) is 2. The predicted molar refractivity (Wildman–Crippen MR) is 80.0 cm³/mol. The Hall–Kier alpha value is -1.10. The van der Waals surface area contributed by atoms with Crippen LogP contribution in [0.15, 0.2) is 5.38 Å². The van der Waals surface area contributed by atoms with E-state index in [1.165, 1.54) is 0 Å². The van der Waals surface area contributed by atoms with E-state index in [0.29, 0.717) is 17.7 Å². The fourth-order valence-electron chi connectivity index (χ4n) is 2.17. The van der Waals surface area contributed by atoms with Crippen molar-refractivity contribution in [1.82, 2.24) is 4.98 Å². The van der Waals surface area contributed by atoms with Gasteiger partial charge in [-0.2, -0.15) is 0 Å². The van der Waals surface area contributed by atoms with Gasteiger partial charge in [0, 0.05) is 18.0 Å². The van der Waals surface area contributed by atoms with Crippen molar-refractivity contribution in [1.29, 1.82) is 0 Å². The molecule has 0 fully saturated rings. The minimum absolute atomic E-state index is 0.00886. The van der Waals surface area contributed by atoms with Crippen molar-refractivity contribution >= 4 is 22.4 Å². The SMILES string of the molecule is CCC(CC)N(CC(C)C)c1nc(CC(=O)O)cs1. The molecule has 0 aromatic carbocycles. The summed E-state index contributed by atoms with van der Waals surface area (Å²) in [5.41, 5.74) is 0.659. The summed E-state index contributed by atoms with van der Waals surface area (Å²) in [4.78, 5) is 17.5. The Morgan fingerprint density at radius 1 is 1.42 bits per heavy atom. The van der Waals surface area contributed by atoms with Crippen LogP contribution in [0.5, 0.6) is 0 Å². The minimum Gasteiger partial charge on any atom is -0.481 e. The molecule has 1 N–H and O–H groups in total. The normalized spacial score (nSPS) is 11.3. The average molecular weight is 284 g/mol. The zero-order valence-corrected chi connectivity index (χ0v) is 13.0.